The zero-order chi connectivity index (χ0) is 17.2. The lowest BCUT2D eigenvalue weighted by molar-refractivity contribution is -0.881. The Morgan fingerprint density at radius 2 is 1.70 bits per heavy atom. The van der Waals surface area contributed by atoms with Gasteiger partial charge in [0.05, 0.1) is 20.8 Å². The first-order chi connectivity index (χ1) is 11.0. The lowest BCUT2D eigenvalue weighted by atomic mass is 10.2. The molecule has 0 heterocycles. The van der Waals surface area contributed by atoms with Crippen molar-refractivity contribution in [1.82, 2.24) is 5.32 Å². The van der Waals surface area contributed by atoms with Crippen molar-refractivity contribution in [1.29, 1.82) is 0 Å². The van der Waals surface area contributed by atoms with Gasteiger partial charge in [-0.05, 0) is 26.0 Å². The summed E-state index contributed by atoms with van der Waals surface area (Å²) in [7, 11) is 3.10. The predicted octanol–water partition coefficient (Wildman–Crippen LogP) is -0.317. The second-order valence-electron chi connectivity index (χ2n) is 5.03. The van der Waals surface area contributed by atoms with Crippen LogP contribution in [0.2, 0.25) is 0 Å². The van der Waals surface area contributed by atoms with Gasteiger partial charge in [-0.15, -0.1) is 0 Å². The van der Waals surface area contributed by atoms with E-state index in [9.17, 15) is 9.59 Å². The van der Waals surface area contributed by atoms with Crippen molar-refractivity contribution in [2.45, 2.75) is 13.8 Å². The second kappa shape index (κ2) is 9.68. The fraction of sp³-hybridized carbons (Fsp3) is 0.500. The van der Waals surface area contributed by atoms with Crippen molar-refractivity contribution in [3.05, 3.63) is 18.2 Å². The van der Waals surface area contributed by atoms with E-state index in [-0.39, 0.29) is 24.9 Å². The first-order valence-electron chi connectivity index (χ1n) is 7.66. The van der Waals surface area contributed by atoms with Crippen LogP contribution in [0.5, 0.6) is 11.5 Å². The van der Waals surface area contributed by atoms with Gasteiger partial charge >= 0.3 is 0 Å². The Balaban J connectivity index is 2.62. The minimum atomic E-state index is -0.154. The zero-order valence-corrected chi connectivity index (χ0v) is 14.2. The maximum atomic E-state index is 12.1. The van der Waals surface area contributed by atoms with Crippen LogP contribution in [0.25, 0.3) is 0 Å². The van der Waals surface area contributed by atoms with Gasteiger partial charge in [-0.2, -0.15) is 0 Å². The zero-order valence-electron chi connectivity index (χ0n) is 14.2. The Morgan fingerprint density at radius 3 is 2.26 bits per heavy atom. The molecule has 1 rings (SSSR count). The van der Waals surface area contributed by atoms with E-state index in [1.54, 1.807) is 32.4 Å². The third-order valence-electron chi connectivity index (χ3n) is 3.36. The highest BCUT2D eigenvalue weighted by Crippen LogP contribution is 2.29. The number of quaternary nitrogens is 1. The number of methoxy groups -OCH3 is 2. The molecule has 0 fully saturated rings. The number of amides is 2. The molecule has 0 bridgehead atoms. The fourth-order valence-corrected chi connectivity index (χ4v) is 2.15. The Labute approximate surface area is 136 Å². The van der Waals surface area contributed by atoms with E-state index in [1.165, 1.54) is 0 Å². The van der Waals surface area contributed by atoms with Crippen LogP contribution in [0.4, 0.5) is 5.69 Å². The van der Waals surface area contributed by atoms with E-state index in [2.05, 4.69) is 10.6 Å². The van der Waals surface area contributed by atoms with Gasteiger partial charge in [0.2, 0.25) is 0 Å². The summed E-state index contributed by atoms with van der Waals surface area (Å²) in [4.78, 5) is 24.6. The number of rotatable bonds is 9. The number of ether oxygens (including phenoxy) is 2. The Morgan fingerprint density at radius 1 is 1.04 bits per heavy atom. The third kappa shape index (κ3) is 6.15. The van der Waals surface area contributed by atoms with Gasteiger partial charge in [-0.1, -0.05) is 0 Å². The number of carbonyl (C=O) groups excluding carboxylic acids is 2. The molecule has 0 aliphatic heterocycles. The molecule has 1 aromatic rings. The summed E-state index contributed by atoms with van der Waals surface area (Å²) in [6.45, 7) is 5.60. The molecule has 1 unspecified atom stereocenters. The molecule has 7 nitrogen and oxygen atoms in total. The standard InChI is InChI=1S/C16H25N3O4/c1-5-17-15(20)10-19(6-2)11-16(21)18-12-7-8-13(22-3)14(9-12)23-4/h7-9H,5-6,10-11H2,1-4H3,(H,17,20)(H,18,21)/p+1. The van der Waals surface area contributed by atoms with Gasteiger partial charge < -0.3 is 25.0 Å². The number of carbonyl (C=O) groups is 2. The summed E-state index contributed by atoms with van der Waals surface area (Å²) in [6, 6.07) is 5.17. The normalized spacial score (nSPS) is 11.5. The molecule has 0 saturated carbocycles. The molecule has 0 saturated heterocycles. The van der Waals surface area contributed by atoms with E-state index in [1.807, 2.05) is 13.8 Å². The van der Waals surface area contributed by atoms with Gasteiger partial charge in [0.1, 0.15) is 0 Å². The maximum absolute atomic E-state index is 12.1. The van der Waals surface area contributed by atoms with Crippen molar-refractivity contribution in [2.75, 3.05) is 45.7 Å². The lowest BCUT2D eigenvalue weighted by Crippen LogP contribution is -3.14. The van der Waals surface area contributed by atoms with E-state index in [4.69, 9.17) is 9.47 Å². The highest BCUT2D eigenvalue weighted by Gasteiger charge is 2.16. The average Bonchev–Trinajstić information content (AvgIpc) is 2.54. The molecule has 0 spiro atoms. The molecule has 0 aliphatic carbocycles. The molecule has 23 heavy (non-hydrogen) atoms. The Hall–Kier alpha value is -2.28. The van der Waals surface area contributed by atoms with E-state index in [0.717, 1.165) is 4.90 Å². The Bertz CT molecular complexity index is 534. The highest BCUT2D eigenvalue weighted by atomic mass is 16.5. The number of nitrogens with one attached hydrogen (secondary N) is 3. The first kappa shape index (κ1) is 18.8. The predicted molar refractivity (Wildman–Crippen MR) is 88.1 cm³/mol. The summed E-state index contributed by atoms with van der Waals surface area (Å²) < 4.78 is 10.4. The van der Waals surface area contributed by atoms with E-state index in [0.29, 0.717) is 30.3 Å². The quantitative estimate of drug-likeness (QED) is 0.582. The lowest BCUT2D eigenvalue weighted by Gasteiger charge is -2.17. The Kier molecular flexibility index (Phi) is 7.90. The average molecular weight is 324 g/mol. The molecule has 2 amide bonds. The minimum absolute atomic E-state index is 0.0525. The van der Waals surface area contributed by atoms with Gasteiger partial charge in [0.15, 0.2) is 24.6 Å². The molecule has 1 atom stereocenters. The molecule has 7 heteroatoms. The number of anilines is 1. The van der Waals surface area contributed by atoms with Crippen molar-refractivity contribution >= 4 is 17.5 Å². The first-order valence-corrected chi connectivity index (χ1v) is 7.66. The van der Waals surface area contributed by atoms with Gasteiger partial charge in [-0.3, -0.25) is 9.59 Å². The number of hydrogen-bond donors (Lipinski definition) is 3. The van der Waals surface area contributed by atoms with Crippen LogP contribution in [0.1, 0.15) is 13.8 Å². The van der Waals surface area contributed by atoms with Crippen molar-refractivity contribution < 1.29 is 24.0 Å². The van der Waals surface area contributed by atoms with Crippen LogP contribution < -0.4 is 25.0 Å². The minimum Gasteiger partial charge on any atom is -0.493 e. The summed E-state index contributed by atoms with van der Waals surface area (Å²) in [6.07, 6.45) is 0. The third-order valence-corrected chi connectivity index (χ3v) is 3.36. The summed E-state index contributed by atoms with van der Waals surface area (Å²) in [5.74, 6) is 0.941. The van der Waals surface area contributed by atoms with Gasteiger partial charge in [-0.25, -0.2) is 0 Å². The largest absolute Gasteiger partial charge is 0.493 e. The van der Waals surface area contributed by atoms with Crippen molar-refractivity contribution in [3.8, 4) is 11.5 Å². The summed E-state index contributed by atoms with van der Waals surface area (Å²) >= 11 is 0. The van der Waals surface area contributed by atoms with Crippen molar-refractivity contribution in [2.24, 2.45) is 0 Å². The van der Waals surface area contributed by atoms with Crippen LogP contribution in [0, 0.1) is 0 Å². The van der Waals surface area contributed by atoms with Gasteiger partial charge in [0, 0.05) is 18.3 Å². The van der Waals surface area contributed by atoms with Crippen LogP contribution in [0.15, 0.2) is 18.2 Å². The maximum Gasteiger partial charge on any atom is 0.279 e. The number of hydrogen-bond acceptors (Lipinski definition) is 4. The second-order valence-corrected chi connectivity index (χ2v) is 5.03. The van der Waals surface area contributed by atoms with Crippen LogP contribution in [0.3, 0.4) is 0 Å². The molecular formula is C16H26N3O4+. The molecule has 1 aromatic carbocycles. The van der Waals surface area contributed by atoms with Crippen LogP contribution >= 0.6 is 0 Å². The molecule has 3 N–H and O–H groups in total. The topological polar surface area (TPSA) is 81.1 Å². The van der Waals surface area contributed by atoms with Crippen LogP contribution in [-0.4, -0.2) is 52.2 Å². The molecule has 128 valence electrons. The SMILES string of the molecule is CCNC(=O)C[NH+](CC)CC(=O)Nc1ccc(OC)c(OC)c1. The highest BCUT2D eigenvalue weighted by molar-refractivity contribution is 5.92. The smallest absolute Gasteiger partial charge is 0.279 e. The van der Waals surface area contributed by atoms with E-state index < -0.39 is 0 Å². The van der Waals surface area contributed by atoms with E-state index >= 15 is 0 Å². The summed E-state index contributed by atoms with van der Waals surface area (Å²) in [5, 5.41) is 5.55. The molecule has 0 radical (unpaired) electrons. The van der Waals surface area contributed by atoms with Crippen molar-refractivity contribution in [3.63, 3.8) is 0 Å². The molecular weight excluding hydrogens is 298 g/mol. The number of likely N-dealkylation sites (N-methyl/N-ethyl adjacent to an activating group) is 2. The fourth-order valence-electron chi connectivity index (χ4n) is 2.15. The molecule has 0 aromatic heterocycles. The monoisotopic (exact) mass is 324 g/mol. The molecule has 0 aliphatic rings. The number of benzene rings is 1. The van der Waals surface area contributed by atoms with Crippen LogP contribution in [-0.2, 0) is 9.59 Å². The van der Waals surface area contributed by atoms with Gasteiger partial charge in [0.25, 0.3) is 11.8 Å². The summed E-state index contributed by atoms with van der Waals surface area (Å²) in [5.41, 5.74) is 0.626.